The van der Waals surface area contributed by atoms with Crippen LogP contribution >= 0.6 is 0 Å². The van der Waals surface area contributed by atoms with Crippen molar-refractivity contribution >= 4 is 5.78 Å². The molecule has 15 heavy (non-hydrogen) atoms. The second-order valence-electron chi connectivity index (χ2n) is 5.14. The molecule has 1 saturated carbocycles. The Bertz CT molecular complexity index is 191. The third-order valence-corrected chi connectivity index (χ3v) is 3.92. The highest BCUT2D eigenvalue weighted by Gasteiger charge is 2.31. The smallest absolute Gasteiger partial charge is 0.149 e. The minimum atomic E-state index is 0.440. The lowest BCUT2D eigenvalue weighted by Crippen LogP contribution is -2.47. The molecule has 3 saturated heterocycles. The lowest BCUT2D eigenvalue weighted by molar-refractivity contribution is -0.130. The van der Waals surface area contributed by atoms with E-state index in [9.17, 15) is 4.79 Å². The van der Waals surface area contributed by atoms with Gasteiger partial charge in [0.05, 0.1) is 6.54 Å². The summed E-state index contributed by atoms with van der Waals surface area (Å²) in [5, 5.41) is 0. The molecule has 0 aromatic carbocycles. The Hall–Kier alpha value is -0.370. The molecule has 0 N–H and O–H groups in total. The molecule has 3 aliphatic heterocycles. The van der Waals surface area contributed by atoms with Crippen LogP contribution in [0.5, 0.6) is 0 Å². The Kier molecular flexibility index (Phi) is 4.18. The average Bonchev–Trinajstić information content (AvgIpc) is 2.33. The van der Waals surface area contributed by atoms with Crippen LogP contribution in [0, 0.1) is 5.92 Å². The molecule has 2 bridgehead atoms. The summed E-state index contributed by atoms with van der Waals surface area (Å²) in [6.45, 7) is 3.07. The largest absolute Gasteiger partial charge is 0.298 e. The molecule has 0 amide bonds. The van der Waals surface area contributed by atoms with Crippen LogP contribution in [0.15, 0.2) is 0 Å². The second-order valence-corrected chi connectivity index (χ2v) is 5.14. The zero-order valence-electron chi connectivity index (χ0n) is 9.71. The van der Waals surface area contributed by atoms with Crippen molar-refractivity contribution in [1.29, 1.82) is 0 Å². The van der Waals surface area contributed by atoms with Crippen molar-refractivity contribution in [3.63, 3.8) is 0 Å². The summed E-state index contributed by atoms with van der Waals surface area (Å²) in [7, 11) is 0. The summed E-state index contributed by atoms with van der Waals surface area (Å²) >= 11 is 0. The summed E-state index contributed by atoms with van der Waals surface area (Å²) in [5.74, 6) is 0.919. The number of nitrogens with zero attached hydrogens (tertiary/aromatic N) is 1. The summed E-state index contributed by atoms with van der Waals surface area (Å²) in [4.78, 5) is 13.3. The van der Waals surface area contributed by atoms with E-state index >= 15 is 0 Å². The SMILES string of the molecule is C1CCCCC1.O=C1CN2CCC1CC2. The minimum absolute atomic E-state index is 0.440. The van der Waals surface area contributed by atoms with Gasteiger partial charge in [0, 0.05) is 5.92 Å². The monoisotopic (exact) mass is 209 g/mol. The van der Waals surface area contributed by atoms with Gasteiger partial charge in [-0.05, 0) is 25.9 Å². The zero-order chi connectivity index (χ0) is 10.5. The maximum absolute atomic E-state index is 11.0. The van der Waals surface area contributed by atoms with Crippen molar-refractivity contribution in [3.05, 3.63) is 0 Å². The number of fused-ring (bicyclic) bond motifs is 3. The highest BCUT2D eigenvalue weighted by atomic mass is 16.1. The number of carbonyl (C=O) groups excluding carboxylic acids is 1. The molecule has 1 aliphatic carbocycles. The average molecular weight is 209 g/mol. The maximum Gasteiger partial charge on any atom is 0.149 e. The highest BCUT2D eigenvalue weighted by molar-refractivity contribution is 5.84. The molecule has 3 heterocycles. The molecule has 2 nitrogen and oxygen atoms in total. The number of rotatable bonds is 0. The van der Waals surface area contributed by atoms with E-state index in [1.807, 2.05) is 0 Å². The van der Waals surface area contributed by atoms with Gasteiger partial charge in [0.15, 0.2) is 0 Å². The van der Waals surface area contributed by atoms with Crippen molar-refractivity contribution in [2.75, 3.05) is 19.6 Å². The molecular formula is C13H23NO. The van der Waals surface area contributed by atoms with E-state index in [2.05, 4.69) is 4.90 Å². The number of hydrogen-bond donors (Lipinski definition) is 0. The van der Waals surface area contributed by atoms with Crippen LogP contribution in [-0.2, 0) is 4.79 Å². The van der Waals surface area contributed by atoms with Gasteiger partial charge in [-0.1, -0.05) is 38.5 Å². The van der Waals surface area contributed by atoms with Gasteiger partial charge in [0.2, 0.25) is 0 Å². The normalized spacial score (nSPS) is 34.5. The number of piperidine rings is 3. The molecule has 2 heteroatoms. The van der Waals surface area contributed by atoms with Crippen molar-refractivity contribution < 1.29 is 4.79 Å². The van der Waals surface area contributed by atoms with Gasteiger partial charge in [0.1, 0.15) is 5.78 Å². The summed E-state index contributed by atoms with van der Waals surface area (Å²) < 4.78 is 0. The van der Waals surface area contributed by atoms with Crippen LogP contribution in [0.4, 0.5) is 0 Å². The second kappa shape index (κ2) is 5.64. The van der Waals surface area contributed by atoms with Crippen LogP contribution in [0.3, 0.4) is 0 Å². The van der Waals surface area contributed by atoms with E-state index in [1.54, 1.807) is 0 Å². The fourth-order valence-electron chi connectivity index (χ4n) is 2.82. The number of carbonyl (C=O) groups is 1. The predicted molar refractivity (Wildman–Crippen MR) is 61.9 cm³/mol. The lowest BCUT2D eigenvalue weighted by Gasteiger charge is -2.37. The first kappa shape index (κ1) is 11.1. The van der Waals surface area contributed by atoms with Crippen molar-refractivity contribution in [3.8, 4) is 0 Å². The maximum atomic E-state index is 11.0. The van der Waals surface area contributed by atoms with E-state index in [-0.39, 0.29) is 0 Å². The Labute approximate surface area is 93.0 Å². The van der Waals surface area contributed by atoms with Gasteiger partial charge < -0.3 is 0 Å². The first-order valence-electron chi connectivity index (χ1n) is 6.61. The van der Waals surface area contributed by atoms with Gasteiger partial charge in [0.25, 0.3) is 0 Å². The minimum Gasteiger partial charge on any atom is -0.298 e. The Morgan fingerprint density at radius 3 is 1.53 bits per heavy atom. The van der Waals surface area contributed by atoms with Crippen LogP contribution in [0.25, 0.3) is 0 Å². The zero-order valence-corrected chi connectivity index (χ0v) is 9.71. The van der Waals surface area contributed by atoms with Crippen LogP contribution in [-0.4, -0.2) is 30.3 Å². The van der Waals surface area contributed by atoms with Gasteiger partial charge >= 0.3 is 0 Å². The van der Waals surface area contributed by atoms with E-state index in [4.69, 9.17) is 0 Å². The van der Waals surface area contributed by atoms with Gasteiger partial charge in [-0.3, -0.25) is 9.69 Å². The first-order chi connectivity index (χ1) is 7.36. The molecule has 0 radical (unpaired) electrons. The molecule has 4 fully saturated rings. The summed E-state index contributed by atoms with van der Waals surface area (Å²) in [6.07, 6.45) is 11.2. The number of Topliss-reactive ketones (excluding diaryl/α,β-unsaturated/α-hetero) is 1. The molecular weight excluding hydrogens is 186 g/mol. The summed E-state index contributed by atoms with van der Waals surface area (Å²) in [5.41, 5.74) is 0. The molecule has 0 atom stereocenters. The molecule has 86 valence electrons. The third kappa shape index (κ3) is 3.30. The molecule has 0 spiro atoms. The summed E-state index contributed by atoms with van der Waals surface area (Å²) in [6, 6.07) is 0. The van der Waals surface area contributed by atoms with Crippen LogP contribution in [0.2, 0.25) is 0 Å². The van der Waals surface area contributed by atoms with Crippen LogP contribution in [0.1, 0.15) is 51.4 Å². The first-order valence-corrected chi connectivity index (χ1v) is 6.61. The Balaban J connectivity index is 0.000000124. The molecule has 4 aliphatic rings. The predicted octanol–water partition coefficient (Wildman–Crippen LogP) is 2.62. The Morgan fingerprint density at radius 2 is 1.33 bits per heavy atom. The van der Waals surface area contributed by atoms with E-state index in [0.717, 1.165) is 32.5 Å². The standard InChI is InChI=1S/C7H11NO.C6H12/c9-7-5-8-3-1-6(7)2-4-8;1-2-4-6-5-3-1/h6H,1-5H2;1-6H2. The highest BCUT2D eigenvalue weighted by Crippen LogP contribution is 2.23. The van der Waals surface area contributed by atoms with Crippen molar-refractivity contribution in [2.24, 2.45) is 5.92 Å². The molecule has 0 aromatic rings. The molecule has 0 aromatic heterocycles. The number of hydrogen-bond acceptors (Lipinski definition) is 2. The number of ketones is 1. The van der Waals surface area contributed by atoms with E-state index < -0.39 is 0 Å². The Morgan fingerprint density at radius 1 is 0.867 bits per heavy atom. The fraction of sp³-hybridized carbons (Fsp3) is 0.923. The van der Waals surface area contributed by atoms with Gasteiger partial charge in [-0.25, -0.2) is 0 Å². The van der Waals surface area contributed by atoms with Gasteiger partial charge in [-0.15, -0.1) is 0 Å². The third-order valence-electron chi connectivity index (χ3n) is 3.92. The van der Waals surface area contributed by atoms with Crippen molar-refractivity contribution in [1.82, 2.24) is 4.90 Å². The lowest BCUT2D eigenvalue weighted by atomic mass is 9.87. The van der Waals surface area contributed by atoms with Crippen molar-refractivity contribution in [2.45, 2.75) is 51.4 Å². The van der Waals surface area contributed by atoms with E-state index in [1.165, 1.54) is 38.5 Å². The van der Waals surface area contributed by atoms with Crippen LogP contribution < -0.4 is 0 Å². The fourth-order valence-corrected chi connectivity index (χ4v) is 2.82. The topological polar surface area (TPSA) is 20.3 Å². The quantitative estimate of drug-likeness (QED) is 0.611. The van der Waals surface area contributed by atoms with E-state index in [0.29, 0.717) is 11.7 Å². The molecule has 4 rings (SSSR count). The van der Waals surface area contributed by atoms with Gasteiger partial charge in [-0.2, -0.15) is 0 Å². The molecule has 0 unspecified atom stereocenters.